The van der Waals surface area contributed by atoms with Crippen molar-refractivity contribution in [2.24, 2.45) is 5.92 Å². The number of aromatic nitrogens is 5. The van der Waals surface area contributed by atoms with Crippen LogP contribution < -0.4 is 0 Å². The van der Waals surface area contributed by atoms with Crippen molar-refractivity contribution in [2.45, 2.75) is 51.9 Å². The van der Waals surface area contributed by atoms with Gasteiger partial charge in [-0.2, -0.15) is 9.97 Å². The topological polar surface area (TPSA) is 48.5 Å². The summed E-state index contributed by atoms with van der Waals surface area (Å²) in [4.78, 5) is 16.1. The predicted octanol–water partition coefficient (Wildman–Crippen LogP) is 17.0. The van der Waals surface area contributed by atoms with Crippen LogP contribution in [-0.4, -0.2) is 24.1 Å². The summed E-state index contributed by atoms with van der Waals surface area (Å²) in [5.74, 6) is 2.39. The average Bonchev–Trinajstić information content (AvgIpc) is 3.94. The SMILES string of the molecule is CC1CC(C)(C)c2ccc(-c3ccc(-c4ccc(-n5c6ccccc6c6ccc7c8ccccc8n(-c8nc(-c9ccccc9)nc(-c9ccccc9-c9ccccc9)n8)c7c65)cc4)cc3)cc2C1(C)C. The van der Waals surface area contributed by atoms with Crippen LogP contribution in [0.5, 0.6) is 0 Å². The third-order valence-corrected chi connectivity index (χ3v) is 15.7. The Balaban J connectivity index is 0.974. The lowest BCUT2D eigenvalue weighted by Crippen LogP contribution is -2.40. The molecule has 0 saturated carbocycles. The van der Waals surface area contributed by atoms with Crippen molar-refractivity contribution >= 4 is 43.6 Å². The van der Waals surface area contributed by atoms with Crippen molar-refractivity contribution in [1.29, 1.82) is 0 Å². The second-order valence-electron chi connectivity index (χ2n) is 20.7. The van der Waals surface area contributed by atoms with E-state index in [-0.39, 0.29) is 10.8 Å². The molecule has 1 aliphatic carbocycles. The Hall–Kier alpha value is -8.41. The van der Waals surface area contributed by atoms with E-state index < -0.39 is 0 Å². The lowest BCUT2D eigenvalue weighted by molar-refractivity contribution is 0.233. The molecule has 5 nitrogen and oxygen atoms in total. The maximum atomic E-state index is 5.46. The van der Waals surface area contributed by atoms with Crippen LogP contribution in [-0.2, 0) is 10.8 Å². The Morgan fingerprint density at radius 3 is 1.54 bits per heavy atom. The lowest BCUT2D eigenvalue weighted by Gasteiger charge is -2.46. The van der Waals surface area contributed by atoms with E-state index >= 15 is 0 Å². The van der Waals surface area contributed by atoms with Crippen molar-refractivity contribution in [3.8, 4) is 67.8 Å². The highest BCUT2D eigenvalue weighted by Crippen LogP contribution is 2.50. The van der Waals surface area contributed by atoms with E-state index in [9.17, 15) is 0 Å². The number of benzene rings is 9. The van der Waals surface area contributed by atoms with Gasteiger partial charge < -0.3 is 4.57 Å². The molecule has 0 saturated heterocycles. The summed E-state index contributed by atoms with van der Waals surface area (Å²) in [6.45, 7) is 12.1. The van der Waals surface area contributed by atoms with Gasteiger partial charge in [-0.1, -0.05) is 223 Å². The highest BCUT2D eigenvalue weighted by atomic mass is 15.2. The van der Waals surface area contributed by atoms with Crippen molar-refractivity contribution in [3.05, 3.63) is 223 Å². The lowest BCUT2D eigenvalue weighted by atomic mass is 9.58. The van der Waals surface area contributed by atoms with Crippen molar-refractivity contribution in [1.82, 2.24) is 24.1 Å². The van der Waals surface area contributed by atoms with Gasteiger partial charge in [-0.15, -0.1) is 0 Å². The maximum Gasteiger partial charge on any atom is 0.238 e. The molecule has 342 valence electrons. The first-order valence-corrected chi connectivity index (χ1v) is 24.9. The third kappa shape index (κ3) is 6.93. The van der Waals surface area contributed by atoms with Gasteiger partial charge in [0.05, 0.1) is 22.1 Å². The Morgan fingerprint density at radius 2 is 0.887 bits per heavy atom. The molecule has 0 spiro atoms. The van der Waals surface area contributed by atoms with Gasteiger partial charge in [-0.25, -0.2) is 4.98 Å². The van der Waals surface area contributed by atoms with Gasteiger partial charge in [0.1, 0.15) is 0 Å². The largest absolute Gasteiger partial charge is 0.307 e. The molecule has 71 heavy (non-hydrogen) atoms. The highest BCUT2D eigenvalue weighted by molar-refractivity contribution is 6.23. The standard InChI is InChI=1S/C66H53N5/c1-42-41-65(2,3)56-39-34-48(40-57(56)66(42,4)5)45-30-28-43(29-31-45)44-32-35-49(36-33-44)70-58-26-16-14-23-51(58)53-37-38-54-52-24-15-17-27-59(52)71(61(54)60(53)70)64-68-62(47-20-10-7-11-21-47)67-63(69-64)55-25-13-12-22-50(55)46-18-8-6-9-19-46/h6-40,42H,41H2,1-5H3. The molecule has 0 aliphatic heterocycles. The number of rotatable bonds is 7. The van der Waals surface area contributed by atoms with E-state index in [2.05, 4.69) is 232 Å². The fraction of sp³-hybridized carbons (Fsp3) is 0.136. The molecule has 0 bridgehead atoms. The molecule has 0 N–H and O–H groups in total. The molecular formula is C66H53N5. The summed E-state index contributed by atoms with van der Waals surface area (Å²) in [5.41, 5.74) is 17.5. The van der Waals surface area contributed by atoms with E-state index in [1.807, 2.05) is 24.3 Å². The molecule has 13 rings (SSSR count). The highest BCUT2D eigenvalue weighted by Gasteiger charge is 2.42. The van der Waals surface area contributed by atoms with Crippen molar-refractivity contribution < 1.29 is 0 Å². The van der Waals surface area contributed by atoms with Gasteiger partial charge in [0, 0.05) is 38.4 Å². The molecule has 0 radical (unpaired) electrons. The van der Waals surface area contributed by atoms with Crippen LogP contribution in [0.2, 0.25) is 0 Å². The first kappa shape index (κ1) is 42.7. The van der Waals surface area contributed by atoms with E-state index in [4.69, 9.17) is 15.0 Å². The molecule has 1 unspecified atom stereocenters. The molecule has 9 aromatic carbocycles. The van der Waals surface area contributed by atoms with Crippen LogP contribution in [0.4, 0.5) is 0 Å². The zero-order valence-corrected chi connectivity index (χ0v) is 40.7. The molecular weight excluding hydrogens is 863 g/mol. The first-order valence-electron chi connectivity index (χ1n) is 24.9. The molecule has 0 fully saturated rings. The van der Waals surface area contributed by atoms with Crippen LogP contribution in [0.15, 0.2) is 212 Å². The van der Waals surface area contributed by atoms with E-state index in [0.29, 0.717) is 23.5 Å². The maximum absolute atomic E-state index is 5.46. The predicted molar refractivity (Wildman–Crippen MR) is 296 cm³/mol. The van der Waals surface area contributed by atoms with E-state index in [0.717, 1.165) is 66.2 Å². The summed E-state index contributed by atoms with van der Waals surface area (Å²) in [6, 6.07) is 76.4. The third-order valence-electron chi connectivity index (χ3n) is 15.7. The Kier molecular flexibility index (Phi) is 9.83. The zero-order valence-electron chi connectivity index (χ0n) is 40.7. The number of hydrogen-bond acceptors (Lipinski definition) is 3. The Labute approximate surface area is 414 Å². The minimum Gasteiger partial charge on any atom is -0.307 e. The zero-order chi connectivity index (χ0) is 48.0. The fourth-order valence-corrected chi connectivity index (χ4v) is 11.7. The van der Waals surface area contributed by atoms with Gasteiger partial charge in [-0.05, 0) is 91.9 Å². The number of para-hydroxylation sites is 2. The summed E-state index contributed by atoms with van der Waals surface area (Å²) in [7, 11) is 0. The second kappa shape index (κ2) is 16.4. The minimum atomic E-state index is 0.124. The van der Waals surface area contributed by atoms with Crippen LogP contribution in [0.3, 0.4) is 0 Å². The summed E-state index contributed by atoms with van der Waals surface area (Å²) in [5, 5.41) is 4.60. The number of hydrogen-bond donors (Lipinski definition) is 0. The molecule has 3 aromatic heterocycles. The molecule has 5 heteroatoms. The van der Waals surface area contributed by atoms with Crippen molar-refractivity contribution in [2.75, 3.05) is 0 Å². The van der Waals surface area contributed by atoms with Gasteiger partial charge in [0.25, 0.3) is 0 Å². The quantitative estimate of drug-likeness (QED) is 0.160. The monoisotopic (exact) mass is 915 g/mol. The summed E-state index contributed by atoms with van der Waals surface area (Å²) < 4.78 is 4.70. The fourth-order valence-electron chi connectivity index (χ4n) is 11.7. The first-order chi connectivity index (χ1) is 34.6. The van der Waals surface area contributed by atoms with E-state index in [1.54, 1.807) is 0 Å². The normalized spacial score (nSPS) is 15.1. The van der Waals surface area contributed by atoms with Crippen LogP contribution in [0, 0.1) is 5.92 Å². The van der Waals surface area contributed by atoms with Gasteiger partial charge in [-0.3, -0.25) is 4.57 Å². The molecule has 12 aromatic rings. The molecule has 3 heterocycles. The van der Waals surface area contributed by atoms with Crippen LogP contribution in [0.1, 0.15) is 52.2 Å². The smallest absolute Gasteiger partial charge is 0.238 e. The van der Waals surface area contributed by atoms with E-state index in [1.165, 1.54) is 45.2 Å². The van der Waals surface area contributed by atoms with Crippen molar-refractivity contribution in [3.63, 3.8) is 0 Å². The number of fused-ring (bicyclic) bond motifs is 8. The van der Waals surface area contributed by atoms with Gasteiger partial charge in [0.2, 0.25) is 5.95 Å². The second-order valence-corrected chi connectivity index (χ2v) is 20.7. The Morgan fingerprint density at radius 1 is 0.394 bits per heavy atom. The minimum absolute atomic E-state index is 0.124. The number of nitrogens with zero attached hydrogens (tertiary/aromatic N) is 5. The summed E-state index contributed by atoms with van der Waals surface area (Å²) in [6.07, 6.45) is 1.20. The van der Waals surface area contributed by atoms with Gasteiger partial charge >= 0.3 is 0 Å². The molecule has 1 aliphatic rings. The Bertz CT molecular complexity index is 4010. The van der Waals surface area contributed by atoms with Crippen LogP contribution >= 0.6 is 0 Å². The van der Waals surface area contributed by atoms with Gasteiger partial charge in [0.15, 0.2) is 11.6 Å². The molecule has 1 atom stereocenters. The van der Waals surface area contributed by atoms with Crippen LogP contribution in [0.25, 0.3) is 111 Å². The molecule has 0 amide bonds. The summed E-state index contributed by atoms with van der Waals surface area (Å²) >= 11 is 0. The average molecular weight is 916 g/mol.